The molecule has 0 amide bonds. The van der Waals surface area contributed by atoms with Gasteiger partial charge < -0.3 is 0 Å². The largest absolute Gasteiger partial charge is 0.282 e. The van der Waals surface area contributed by atoms with E-state index < -0.39 is 10.0 Å². The molecule has 0 bridgehead atoms. The van der Waals surface area contributed by atoms with Gasteiger partial charge in [-0.05, 0) is 43.4 Å². The molecular weight excluding hydrogens is 300 g/mol. The van der Waals surface area contributed by atoms with Crippen LogP contribution in [0.1, 0.15) is 17.7 Å². The van der Waals surface area contributed by atoms with E-state index in [2.05, 4.69) is 21.2 Å². The zero-order chi connectivity index (χ0) is 15.7. The van der Waals surface area contributed by atoms with Crippen molar-refractivity contribution in [3.63, 3.8) is 0 Å². The second kappa shape index (κ2) is 5.81. The Hall–Kier alpha value is -1.73. The first-order chi connectivity index (χ1) is 10.4. The first-order valence-corrected chi connectivity index (χ1v) is 9.19. The van der Waals surface area contributed by atoms with Crippen LogP contribution in [0.2, 0.25) is 0 Å². The standard InChI is InChI=1S/C15H20N4O2S/c1-11-8-14(18-17-11)15-13(4-3-6-16-15)9-12-5-7-19(10-12)22(2,20)21/h3-4,6,8,12H,5,7,9-10H2,1-2H3,(H,17,18). The summed E-state index contributed by atoms with van der Waals surface area (Å²) in [6.07, 6.45) is 4.75. The number of aryl methyl sites for hydroxylation is 1. The number of hydrogen-bond acceptors (Lipinski definition) is 4. The summed E-state index contributed by atoms with van der Waals surface area (Å²) in [5.41, 5.74) is 3.83. The zero-order valence-corrected chi connectivity index (χ0v) is 13.6. The second-order valence-corrected chi connectivity index (χ2v) is 7.91. The fourth-order valence-electron chi connectivity index (χ4n) is 2.95. The Balaban J connectivity index is 1.80. The van der Waals surface area contributed by atoms with Crippen molar-refractivity contribution in [2.75, 3.05) is 19.3 Å². The first kappa shape index (κ1) is 15.2. The normalized spacial score (nSPS) is 19.6. The SMILES string of the molecule is Cc1cc(-c2ncccc2CC2CCN(S(C)(=O)=O)C2)n[nH]1. The molecule has 1 fully saturated rings. The van der Waals surface area contributed by atoms with E-state index >= 15 is 0 Å². The molecule has 118 valence electrons. The first-order valence-electron chi connectivity index (χ1n) is 7.35. The van der Waals surface area contributed by atoms with Gasteiger partial charge in [0.2, 0.25) is 10.0 Å². The third-order valence-electron chi connectivity index (χ3n) is 4.07. The van der Waals surface area contributed by atoms with Crippen LogP contribution in [0.15, 0.2) is 24.4 Å². The van der Waals surface area contributed by atoms with Gasteiger partial charge in [0.15, 0.2) is 0 Å². The minimum absolute atomic E-state index is 0.331. The second-order valence-electron chi connectivity index (χ2n) is 5.93. The number of aromatic nitrogens is 3. The van der Waals surface area contributed by atoms with Gasteiger partial charge in [0.25, 0.3) is 0 Å². The van der Waals surface area contributed by atoms with E-state index in [0.29, 0.717) is 19.0 Å². The van der Waals surface area contributed by atoms with Crippen molar-refractivity contribution in [1.82, 2.24) is 19.5 Å². The van der Waals surface area contributed by atoms with Gasteiger partial charge in [-0.1, -0.05) is 6.07 Å². The Morgan fingerprint density at radius 2 is 2.27 bits per heavy atom. The van der Waals surface area contributed by atoms with Gasteiger partial charge in [-0.25, -0.2) is 12.7 Å². The van der Waals surface area contributed by atoms with Crippen LogP contribution >= 0.6 is 0 Å². The average Bonchev–Trinajstić information content (AvgIpc) is 3.08. The molecule has 1 atom stereocenters. The van der Waals surface area contributed by atoms with Crippen LogP contribution in [0.5, 0.6) is 0 Å². The van der Waals surface area contributed by atoms with Crippen LogP contribution in [-0.2, 0) is 16.4 Å². The highest BCUT2D eigenvalue weighted by Gasteiger charge is 2.29. The molecule has 22 heavy (non-hydrogen) atoms. The van der Waals surface area contributed by atoms with Crippen molar-refractivity contribution < 1.29 is 8.42 Å². The van der Waals surface area contributed by atoms with Crippen molar-refractivity contribution in [3.8, 4) is 11.4 Å². The third-order valence-corrected chi connectivity index (χ3v) is 5.34. The Bertz CT molecular complexity index is 769. The number of H-pyrrole nitrogens is 1. The van der Waals surface area contributed by atoms with Crippen molar-refractivity contribution in [1.29, 1.82) is 0 Å². The molecule has 1 saturated heterocycles. The fraction of sp³-hybridized carbons (Fsp3) is 0.467. The molecule has 3 rings (SSSR count). The highest BCUT2D eigenvalue weighted by atomic mass is 32.2. The summed E-state index contributed by atoms with van der Waals surface area (Å²) in [6.45, 7) is 3.16. The smallest absolute Gasteiger partial charge is 0.211 e. The average molecular weight is 320 g/mol. The zero-order valence-electron chi connectivity index (χ0n) is 12.8. The Morgan fingerprint density at radius 1 is 1.45 bits per heavy atom. The van der Waals surface area contributed by atoms with Crippen LogP contribution in [0.4, 0.5) is 0 Å². The summed E-state index contributed by atoms with van der Waals surface area (Å²) >= 11 is 0. The molecule has 0 spiro atoms. The maximum Gasteiger partial charge on any atom is 0.211 e. The molecule has 1 unspecified atom stereocenters. The summed E-state index contributed by atoms with van der Waals surface area (Å²) in [4.78, 5) is 4.46. The molecule has 2 aromatic rings. The van der Waals surface area contributed by atoms with E-state index in [-0.39, 0.29) is 0 Å². The number of pyridine rings is 1. The van der Waals surface area contributed by atoms with Gasteiger partial charge in [-0.3, -0.25) is 10.1 Å². The lowest BCUT2D eigenvalue weighted by molar-refractivity contribution is 0.460. The molecule has 1 aliphatic rings. The van der Waals surface area contributed by atoms with Gasteiger partial charge in [-0.15, -0.1) is 0 Å². The van der Waals surface area contributed by atoms with Crippen LogP contribution in [0.3, 0.4) is 0 Å². The topological polar surface area (TPSA) is 79.0 Å². The molecule has 6 nitrogen and oxygen atoms in total. The monoisotopic (exact) mass is 320 g/mol. The summed E-state index contributed by atoms with van der Waals surface area (Å²) in [5, 5.41) is 7.22. The highest BCUT2D eigenvalue weighted by Crippen LogP contribution is 2.27. The predicted octanol–water partition coefficient (Wildman–Crippen LogP) is 1.60. The number of sulfonamides is 1. The molecular formula is C15H20N4O2S. The van der Waals surface area contributed by atoms with Crippen LogP contribution in [0.25, 0.3) is 11.4 Å². The third kappa shape index (κ3) is 3.20. The van der Waals surface area contributed by atoms with Crippen molar-refractivity contribution in [2.24, 2.45) is 5.92 Å². The van der Waals surface area contributed by atoms with Gasteiger partial charge in [0.05, 0.1) is 11.9 Å². The summed E-state index contributed by atoms with van der Waals surface area (Å²) in [6, 6.07) is 5.94. The Morgan fingerprint density at radius 3 is 2.91 bits per heavy atom. The van der Waals surface area contributed by atoms with Gasteiger partial charge in [0, 0.05) is 25.0 Å². The van der Waals surface area contributed by atoms with E-state index in [4.69, 9.17) is 0 Å². The fourth-order valence-corrected chi connectivity index (χ4v) is 3.87. The number of rotatable bonds is 4. The molecule has 0 aromatic carbocycles. The maximum atomic E-state index is 11.6. The van der Waals surface area contributed by atoms with Crippen molar-refractivity contribution in [3.05, 3.63) is 35.7 Å². The molecule has 0 radical (unpaired) electrons. The lowest BCUT2D eigenvalue weighted by atomic mass is 9.96. The number of hydrogen-bond donors (Lipinski definition) is 1. The minimum Gasteiger partial charge on any atom is -0.282 e. The van der Waals surface area contributed by atoms with E-state index in [1.807, 2.05) is 19.1 Å². The number of nitrogens with zero attached hydrogens (tertiary/aromatic N) is 3. The van der Waals surface area contributed by atoms with Crippen LogP contribution in [0, 0.1) is 12.8 Å². The van der Waals surface area contributed by atoms with Crippen molar-refractivity contribution >= 4 is 10.0 Å². The van der Waals surface area contributed by atoms with E-state index in [0.717, 1.165) is 35.5 Å². The molecule has 0 saturated carbocycles. The molecule has 3 heterocycles. The number of aromatic amines is 1. The summed E-state index contributed by atoms with van der Waals surface area (Å²) in [7, 11) is -3.09. The summed E-state index contributed by atoms with van der Waals surface area (Å²) < 4.78 is 24.8. The molecule has 0 aliphatic carbocycles. The predicted molar refractivity (Wildman–Crippen MR) is 84.8 cm³/mol. The quantitative estimate of drug-likeness (QED) is 0.928. The maximum absolute atomic E-state index is 11.6. The van der Waals surface area contributed by atoms with E-state index in [1.165, 1.54) is 6.26 Å². The van der Waals surface area contributed by atoms with E-state index in [9.17, 15) is 8.42 Å². The van der Waals surface area contributed by atoms with Gasteiger partial charge >= 0.3 is 0 Å². The highest BCUT2D eigenvalue weighted by molar-refractivity contribution is 7.88. The lowest BCUT2D eigenvalue weighted by Gasteiger charge is -2.14. The minimum atomic E-state index is -3.09. The van der Waals surface area contributed by atoms with E-state index in [1.54, 1.807) is 10.5 Å². The lowest BCUT2D eigenvalue weighted by Crippen LogP contribution is -2.27. The number of nitrogens with one attached hydrogen (secondary N) is 1. The molecule has 1 aliphatic heterocycles. The molecule has 2 aromatic heterocycles. The Labute approximate surface area is 130 Å². The van der Waals surface area contributed by atoms with Gasteiger partial charge in [-0.2, -0.15) is 5.10 Å². The summed E-state index contributed by atoms with van der Waals surface area (Å²) in [5.74, 6) is 0.331. The van der Waals surface area contributed by atoms with Crippen LogP contribution in [-0.4, -0.2) is 47.2 Å². The Kier molecular flexibility index (Phi) is 4.01. The van der Waals surface area contributed by atoms with Crippen LogP contribution < -0.4 is 0 Å². The van der Waals surface area contributed by atoms with Crippen molar-refractivity contribution in [2.45, 2.75) is 19.8 Å². The molecule has 7 heteroatoms. The molecule has 1 N–H and O–H groups in total. The van der Waals surface area contributed by atoms with Gasteiger partial charge in [0.1, 0.15) is 5.69 Å².